The first-order chi connectivity index (χ1) is 7.20. The van der Waals surface area contributed by atoms with Gasteiger partial charge in [0.25, 0.3) is 0 Å². The summed E-state index contributed by atoms with van der Waals surface area (Å²) in [4.78, 5) is 0. The first-order valence-corrected chi connectivity index (χ1v) is 5.74. The third kappa shape index (κ3) is 2.23. The maximum atomic E-state index is 2.24. The smallest absolute Gasteiger partial charge is 0.0480 e. The summed E-state index contributed by atoms with van der Waals surface area (Å²) in [6.07, 6.45) is 2.12. The highest BCUT2D eigenvalue weighted by Crippen LogP contribution is 2.25. The van der Waals surface area contributed by atoms with Crippen LogP contribution >= 0.6 is 0 Å². The van der Waals surface area contributed by atoms with Crippen LogP contribution in [0.3, 0.4) is 0 Å². The Morgan fingerprint density at radius 2 is 1.73 bits per heavy atom. The Morgan fingerprint density at radius 1 is 1.07 bits per heavy atom. The Labute approximate surface area is 92.7 Å². The quantitative estimate of drug-likeness (QED) is 0.650. The van der Waals surface area contributed by atoms with E-state index < -0.39 is 0 Å². The van der Waals surface area contributed by atoms with E-state index in [4.69, 9.17) is 0 Å². The average molecular weight is 203 g/mol. The third-order valence-electron chi connectivity index (χ3n) is 2.58. The first kappa shape index (κ1) is 11.8. The molecule has 0 unspecified atom stereocenters. The zero-order chi connectivity index (χ0) is 11.4. The molecule has 0 bridgehead atoms. The zero-order valence-corrected chi connectivity index (χ0v) is 10.4. The Balaban J connectivity index is 0.000000531. The van der Waals surface area contributed by atoms with Crippen LogP contribution in [0.25, 0.3) is 10.9 Å². The van der Waals surface area contributed by atoms with Crippen molar-refractivity contribution in [3.63, 3.8) is 0 Å². The number of nitrogens with zero attached hydrogens (tertiary/aromatic N) is 1. The van der Waals surface area contributed by atoms with Crippen molar-refractivity contribution in [1.82, 2.24) is 4.57 Å². The molecule has 0 atom stereocenters. The number of hydrogen-bond acceptors (Lipinski definition) is 0. The van der Waals surface area contributed by atoms with Gasteiger partial charge in [0.05, 0.1) is 0 Å². The van der Waals surface area contributed by atoms with Crippen molar-refractivity contribution in [2.45, 2.75) is 33.6 Å². The second kappa shape index (κ2) is 5.01. The van der Waals surface area contributed by atoms with Crippen LogP contribution in [-0.2, 0) is 7.05 Å². The molecule has 0 N–H and O–H groups in total. The van der Waals surface area contributed by atoms with Crippen molar-refractivity contribution in [3.8, 4) is 0 Å². The molecule has 0 aliphatic rings. The molecule has 0 saturated heterocycles. The predicted molar refractivity (Wildman–Crippen MR) is 68.4 cm³/mol. The summed E-state index contributed by atoms with van der Waals surface area (Å²) >= 11 is 0. The van der Waals surface area contributed by atoms with Gasteiger partial charge in [-0.3, -0.25) is 0 Å². The summed E-state index contributed by atoms with van der Waals surface area (Å²) in [6, 6.07) is 8.72. The fourth-order valence-corrected chi connectivity index (χ4v) is 1.83. The molecule has 0 aliphatic carbocycles. The highest BCUT2D eigenvalue weighted by molar-refractivity contribution is 5.84. The molecule has 1 nitrogen and oxygen atoms in total. The second-order valence-corrected chi connectivity index (χ2v) is 3.86. The van der Waals surface area contributed by atoms with Gasteiger partial charge < -0.3 is 4.57 Å². The molecular formula is C14H21N. The fourth-order valence-electron chi connectivity index (χ4n) is 1.83. The minimum atomic E-state index is 0.603. The summed E-state index contributed by atoms with van der Waals surface area (Å²) in [5.41, 5.74) is 2.77. The van der Waals surface area contributed by atoms with E-state index in [1.54, 1.807) is 0 Å². The summed E-state index contributed by atoms with van der Waals surface area (Å²) in [5, 5.41) is 1.39. The molecule has 0 fully saturated rings. The van der Waals surface area contributed by atoms with Gasteiger partial charge in [-0.25, -0.2) is 0 Å². The Kier molecular flexibility index (Phi) is 3.96. The molecule has 1 aromatic carbocycles. The van der Waals surface area contributed by atoms with Gasteiger partial charge in [-0.05, 0) is 23.6 Å². The van der Waals surface area contributed by atoms with Gasteiger partial charge in [0, 0.05) is 24.1 Å². The van der Waals surface area contributed by atoms with E-state index in [9.17, 15) is 0 Å². The predicted octanol–water partition coefficient (Wildman–Crippen LogP) is 4.33. The average Bonchev–Trinajstić information content (AvgIpc) is 2.63. The van der Waals surface area contributed by atoms with Crippen molar-refractivity contribution in [2.75, 3.05) is 0 Å². The minimum Gasteiger partial charge on any atom is -0.351 e. The van der Waals surface area contributed by atoms with Crippen molar-refractivity contribution >= 4 is 10.9 Å². The summed E-state index contributed by atoms with van der Waals surface area (Å²) in [6.45, 7) is 8.48. The van der Waals surface area contributed by atoms with E-state index in [0.29, 0.717) is 5.92 Å². The van der Waals surface area contributed by atoms with Crippen LogP contribution in [0.15, 0.2) is 30.5 Å². The first-order valence-electron chi connectivity index (χ1n) is 5.74. The van der Waals surface area contributed by atoms with Crippen LogP contribution in [0, 0.1) is 0 Å². The largest absolute Gasteiger partial charge is 0.351 e. The van der Waals surface area contributed by atoms with Crippen molar-refractivity contribution in [2.24, 2.45) is 7.05 Å². The van der Waals surface area contributed by atoms with Crippen LogP contribution in [0.2, 0.25) is 0 Å². The number of benzene rings is 1. The topological polar surface area (TPSA) is 4.93 Å². The third-order valence-corrected chi connectivity index (χ3v) is 2.58. The number of aryl methyl sites for hydroxylation is 1. The van der Waals surface area contributed by atoms with Crippen LogP contribution in [-0.4, -0.2) is 4.57 Å². The Hall–Kier alpha value is -1.24. The van der Waals surface area contributed by atoms with Gasteiger partial charge in [0.2, 0.25) is 0 Å². The summed E-state index contributed by atoms with van der Waals surface area (Å²) in [5.74, 6) is 0.603. The Bertz CT molecular complexity index is 424. The number of fused-ring (bicyclic) bond motifs is 1. The molecular weight excluding hydrogens is 182 g/mol. The maximum Gasteiger partial charge on any atom is 0.0480 e. The molecule has 1 heteroatoms. The monoisotopic (exact) mass is 203 g/mol. The highest BCUT2D eigenvalue weighted by atomic mass is 14.9. The molecule has 82 valence electrons. The highest BCUT2D eigenvalue weighted by Gasteiger charge is 2.05. The van der Waals surface area contributed by atoms with Crippen LogP contribution in [0.5, 0.6) is 0 Å². The standard InChI is InChI=1S/C12H15N.C2H6/c1-9(2)10-5-4-6-12-11(10)7-8-13(12)3;1-2/h4-9H,1-3H3;1-2H3. The molecule has 2 aromatic rings. The molecule has 0 saturated carbocycles. The molecule has 1 aromatic heterocycles. The maximum absolute atomic E-state index is 2.24. The summed E-state index contributed by atoms with van der Waals surface area (Å²) < 4.78 is 2.17. The lowest BCUT2D eigenvalue weighted by Gasteiger charge is -2.07. The van der Waals surface area contributed by atoms with Gasteiger partial charge in [0.1, 0.15) is 0 Å². The van der Waals surface area contributed by atoms with Crippen molar-refractivity contribution < 1.29 is 0 Å². The number of aromatic nitrogens is 1. The molecule has 2 rings (SSSR count). The lowest BCUT2D eigenvalue weighted by atomic mass is 9.99. The van der Waals surface area contributed by atoms with Crippen LogP contribution < -0.4 is 0 Å². The van der Waals surface area contributed by atoms with Crippen LogP contribution in [0.1, 0.15) is 39.2 Å². The van der Waals surface area contributed by atoms with Crippen molar-refractivity contribution in [3.05, 3.63) is 36.0 Å². The molecule has 0 amide bonds. The lowest BCUT2D eigenvalue weighted by molar-refractivity contribution is 0.876. The zero-order valence-electron chi connectivity index (χ0n) is 10.4. The van der Waals surface area contributed by atoms with E-state index in [-0.39, 0.29) is 0 Å². The van der Waals surface area contributed by atoms with E-state index >= 15 is 0 Å². The molecule has 15 heavy (non-hydrogen) atoms. The van der Waals surface area contributed by atoms with Crippen LogP contribution in [0.4, 0.5) is 0 Å². The lowest BCUT2D eigenvalue weighted by Crippen LogP contribution is -1.89. The van der Waals surface area contributed by atoms with Gasteiger partial charge in [-0.1, -0.05) is 39.8 Å². The van der Waals surface area contributed by atoms with Gasteiger partial charge in [-0.2, -0.15) is 0 Å². The normalized spacial score (nSPS) is 10.3. The number of hydrogen-bond donors (Lipinski definition) is 0. The van der Waals surface area contributed by atoms with E-state index in [0.717, 1.165) is 0 Å². The van der Waals surface area contributed by atoms with E-state index in [1.165, 1.54) is 16.5 Å². The summed E-state index contributed by atoms with van der Waals surface area (Å²) in [7, 11) is 2.09. The van der Waals surface area contributed by atoms with Gasteiger partial charge >= 0.3 is 0 Å². The molecule has 0 aliphatic heterocycles. The molecule has 0 spiro atoms. The fraction of sp³-hybridized carbons (Fsp3) is 0.429. The minimum absolute atomic E-state index is 0.603. The van der Waals surface area contributed by atoms with E-state index in [1.807, 2.05) is 13.8 Å². The second-order valence-electron chi connectivity index (χ2n) is 3.86. The van der Waals surface area contributed by atoms with Crippen molar-refractivity contribution in [1.29, 1.82) is 0 Å². The SMILES string of the molecule is CC.CC(C)c1cccc2c1ccn2C. The van der Waals surface area contributed by atoms with Gasteiger partial charge in [-0.15, -0.1) is 0 Å². The number of rotatable bonds is 1. The van der Waals surface area contributed by atoms with E-state index in [2.05, 4.69) is 55.9 Å². The molecule has 0 radical (unpaired) electrons. The van der Waals surface area contributed by atoms with Gasteiger partial charge in [0.15, 0.2) is 0 Å². The Morgan fingerprint density at radius 3 is 2.33 bits per heavy atom. The molecule has 1 heterocycles.